The molecule has 1 heterocycles. The zero-order valence-corrected chi connectivity index (χ0v) is 23.0. The molecular weight excluding hydrogens is 494 g/mol. The molecule has 2 amide bonds. The van der Waals surface area contributed by atoms with Crippen LogP contribution in [0.15, 0.2) is 42.5 Å². The topological polar surface area (TPSA) is 105 Å². The molecule has 1 aliphatic rings. The molecule has 0 saturated heterocycles. The molecule has 2 aromatic rings. The van der Waals surface area contributed by atoms with E-state index in [0.717, 1.165) is 15.4 Å². The van der Waals surface area contributed by atoms with Gasteiger partial charge in [0.15, 0.2) is 11.5 Å². The summed E-state index contributed by atoms with van der Waals surface area (Å²) < 4.78 is 38.5. The zero-order valence-electron chi connectivity index (χ0n) is 22.2. The Morgan fingerprint density at radius 1 is 1.03 bits per heavy atom. The fourth-order valence-corrected chi connectivity index (χ4v) is 4.97. The highest BCUT2D eigenvalue weighted by Crippen LogP contribution is 2.35. The summed E-state index contributed by atoms with van der Waals surface area (Å²) in [7, 11) is -3.83. The molecule has 0 fully saturated rings. The predicted molar refractivity (Wildman–Crippen MR) is 143 cm³/mol. The highest BCUT2D eigenvalue weighted by molar-refractivity contribution is 7.92. The molecule has 202 valence electrons. The van der Waals surface area contributed by atoms with Crippen LogP contribution in [0.3, 0.4) is 0 Å². The molecule has 0 saturated carbocycles. The Hall–Kier alpha value is -3.27. The van der Waals surface area contributed by atoms with Crippen LogP contribution in [0.4, 0.5) is 5.69 Å². The molecule has 0 spiro atoms. The first kappa shape index (κ1) is 28.3. The van der Waals surface area contributed by atoms with Gasteiger partial charge in [-0.3, -0.25) is 13.9 Å². The van der Waals surface area contributed by atoms with Gasteiger partial charge in [-0.15, -0.1) is 0 Å². The summed E-state index contributed by atoms with van der Waals surface area (Å²) in [5.74, 6) is 0.216. The Kier molecular flexibility index (Phi) is 9.42. The largest absolute Gasteiger partial charge is 0.486 e. The van der Waals surface area contributed by atoms with Gasteiger partial charge in [-0.2, -0.15) is 0 Å². The number of fused-ring (bicyclic) bond motifs is 1. The number of carbonyl (C=O) groups is 2. The Morgan fingerprint density at radius 2 is 1.70 bits per heavy atom. The van der Waals surface area contributed by atoms with Crippen LogP contribution in [0.2, 0.25) is 0 Å². The zero-order chi connectivity index (χ0) is 27.2. The molecule has 1 N–H and O–H groups in total. The number of hydrogen-bond acceptors (Lipinski definition) is 6. The van der Waals surface area contributed by atoms with E-state index in [-0.39, 0.29) is 24.1 Å². The van der Waals surface area contributed by atoms with E-state index in [2.05, 4.69) is 5.32 Å². The van der Waals surface area contributed by atoms with E-state index >= 15 is 0 Å². The maximum absolute atomic E-state index is 13.8. The average molecular weight is 532 g/mol. The third-order valence-corrected chi connectivity index (χ3v) is 7.99. The van der Waals surface area contributed by atoms with Gasteiger partial charge in [-0.05, 0) is 49.9 Å². The van der Waals surface area contributed by atoms with Gasteiger partial charge in [0.1, 0.15) is 25.8 Å². The third kappa shape index (κ3) is 7.15. The van der Waals surface area contributed by atoms with Crippen molar-refractivity contribution < 1.29 is 27.5 Å². The maximum atomic E-state index is 13.8. The molecule has 0 aromatic heterocycles. The van der Waals surface area contributed by atoms with Crippen LogP contribution in [-0.2, 0) is 26.2 Å². The Balaban J connectivity index is 1.94. The van der Waals surface area contributed by atoms with Gasteiger partial charge in [0.25, 0.3) is 0 Å². The lowest BCUT2D eigenvalue weighted by Gasteiger charge is -2.32. The van der Waals surface area contributed by atoms with Gasteiger partial charge in [0.2, 0.25) is 21.8 Å². The molecule has 37 heavy (non-hydrogen) atoms. The Bertz CT molecular complexity index is 1210. The molecule has 10 heteroatoms. The number of aryl methyl sites for hydroxylation is 1. The predicted octanol–water partition coefficient (Wildman–Crippen LogP) is 3.11. The van der Waals surface area contributed by atoms with Crippen LogP contribution in [0, 0.1) is 12.8 Å². The lowest BCUT2D eigenvalue weighted by molar-refractivity contribution is -0.139. The number of amides is 2. The van der Waals surface area contributed by atoms with Crippen molar-refractivity contribution in [2.24, 2.45) is 5.92 Å². The normalized spacial score (nSPS) is 13.7. The first-order valence-electron chi connectivity index (χ1n) is 12.5. The summed E-state index contributed by atoms with van der Waals surface area (Å²) in [5, 5.41) is 2.88. The summed E-state index contributed by atoms with van der Waals surface area (Å²) >= 11 is 0. The second kappa shape index (κ2) is 12.3. The van der Waals surface area contributed by atoms with Gasteiger partial charge in [0.05, 0.1) is 11.4 Å². The van der Waals surface area contributed by atoms with Gasteiger partial charge in [-0.1, -0.05) is 38.1 Å². The number of nitrogens with one attached hydrogen (secondary N) is 1. The Labute approximate surface area is 219 Å². The van der Waals surface area contributed by atoms with E-state index in [0.29, 0.717) is 36.9 Å². The summed E-state index contributed by atoms with van der Waals surface area (Å²) in [6, 6.07) is 11.6. The number of rotatable bonds is 11. The maximum Gasteiger partial charge on any atom is 0.244 e. The summed E-state index contributed by atoms with van der Waals surface area (Å²) in [5.41, 5.74) is 2.15. The highest BCUT2D eigenvalue weighted by Gasteiger charge is 2.31. The van der Waals surface area contributed by atoms with Crippen molar-refractivity contribution in [2.45, 2.75) is 47.2 Å². The molecule has 1 atom stereocenters. The number of nitrogens with zero attached hydrogens (tertiary/aromatic N) is 2. The van der Waals surface area contributed by atoms with Crippen molar-refractivity contribution in [3.63, 3.8) is 0 Å². The number of hydrogen-bond donors (Lipinski definition) is 1. The summed E-state index contributed by atoms with van der Waals surface area (Å²) in [6.07, 6.45) is 0. The van der Waals surface area contributed by atoms with Crippen LogP contribution in [0.1, 0.15) is 38.8 Å². The molecule has 0 radical (unpaired) electrons. The molecule has 0 aliphatic carbocycles. The fraction of sp³-hybridized carbons (Fsp3) is 0.481. The number of sulfonamides is 1. The van der Waals surface area contributed by atoms with Crippen LogP contribution < -0.4 is 19.1 Å². The van der Waals surface area contributed by atoms with Crippen molar-refractivity contribution in [2.75, 3.05) is 36.4 Å². The molecular formula is C27H37N3O6S. The second-order valence-corrected chi connectivity index (χ2v) is 11.7. The van der Waals surface area contributed by atoms with Crippen LogP contribution in [-0.4, -0.2) is 63.2 Å². The van der Waals surface area contributed by atoms with Crippen molar-refractivity contribution in [3.8, 4) is 11.5 Å². The minimum absolute atomic E-state index is 0.170. The first-order chi connectivity index (χ1) is 17.5. The lowest BCUT2D eigenvalue weighted by atomic mass is 10.1. The summed E-state index contributed by atoms with van der Waals surface area (Å²) in [6.45, 7) is 10.0. The minimum atomic E-state index is -3.83. The van der Waals surface area contributed by atoms with E-state index in [9.17, 15) is 18.0 Å². The molecule has 9 nitrogen and oxygen atoms in total. The van der Waals surface area contributed by atoms with Crippen molar-refractivity contribution >= 4 is 27.5 Å². The molecule has 0 bridgehead atoms. The average Bonchev–Trinajstić information content (AvgIpc) is 2.88. The van der Waals surface area contributed by atoms with E-state index < -0.39 is 28.5 Å². The van der Waals surface area contributed by atoms with Gasteiger partial charge in [-0.25, -0.2) is 8.42 Å². The quantitative estimate of drug-likeness (QED) is 0.478. The van der Waals surface area contributed by atoms with Crippen molar-refractivity contribution in [1.29, 1.82) is 0 Å². The second-order valence-electron chi connectivity index (χ2n) is 9.50. The third-order valence-electron chi connectivity index (χ3n) is 6.25. The van der Waals surface area contributed by atoms with Gasteiger partial charge in [0, 0.05) is 19.2 Å². The SMILES string of the molecule is CCS(=O)(=O)N(CC(=O)N(Cc1ccccc1C)[C@H](C)C(=O)NCC(C)C)c1ccc2c(c1)OCCO2. The number of carbonyl (C=O) groups excluding carboxylic acids is 2. The van der Waals surface area contributed by atoms with Gasteiger partial charge >= 0.3 is 0 Å². The number of benzene rings is 2. The van der Waals surface area contributed by atoms with Crippen molar-refractivity contribution in [1.82, 2.24) is 10.2 Å². The fourth-order valence-electron chi connectivity index (χ4n) is 3.91. The molecule has 1 aliphatic heterocycles. The van der Waals surface area contributed by atoms with E-state index in [1.807, 2.05) is 45.0 Å². The van der Waals surface area contributed by atoms with Gasteiger partial charge < -0.3 is 19.7 Å². The van der Waals surface area contributed by atoms with Crippen LogP contribution in [0.25, 0.3) is 0 Å². The van der Waals surface area contributed by atoms with E-state index in [1.54, 1.807) is 25.1 Å². The lowest BCUT2D eigenvalue weighted by Crippen LogP contribution is -2.51. The first-order valence-corrected chi connectivity index (χ1v) is 14.2. The van der Waals surface area contributed by atoms with E-state index in [4.69, 9.17) is 9.47 Å². The molecule has 0 unspecified atom stereocenters. The monoisotopic (exact) mass is 531 g/mol. The molecule has 3 rings (SSSR count). The number of anilines is 1. The highest BCUT2D eigenvalue weighted by atomic mass is 32.2. The standard InChI is InChI=1S/C27H37N3O6S/c1-6-37(33,34)30(23-11-12-24-25(15-23)36-14-13-35-24)18-26(31)29(17-22-10-8-7-9-20(22)4)21(5)27(32)28-16-19(2)3/h7-12,15,19,21H,6,13-14,16-18H2,1-5H3,(H,28,32)/t21-/m1/s1. The van der Waals surface area contributed by atoms with Crippen LogP contribution >= 0.6 is 0 Å². The smallest absolute Gasteiger partial charge is 0.244 e. The minimum Gasteiger partial charge on any atom is -0.486 e. The van der Waals surface area contributed by atoms with Crippen LogP contribution in [0.5, 0.6) is 11.5 Å². The van der Waals surface area contributed by atoms with Crippen molar-refractivity contribution in [3.05, 3.63) is 53.6 Å². The number of ether oxygens (including phenoxy) is 2. The van der Waals surface area contributed by atoms with E-state index in [1.165, 1.54) is 11.8 Å². The molecule has 2 aromatic carbocycles. The Morgan fingerprint density at radius 3 is 2.35 bits per heavy atom. The summed E-state index contributed by atoms with van der Waals surface area (Å²) in [4.78, 5) is 28.2.